The summed E-state index contributed by atoms with van der Waals surface area (Å²) in [4.78, 5) is 4.12. The summed E-state index contributed by atoms with van der Waals surface area (Å²) in [6, 6.07) is 9.53. The molecule has 0 aliphatic heterocycles. The van der Waals surface area contributed by atoms with E-state index in [1.807, 2.05) is 6.92 Å². The van der Waals surface area contributed by atoms with E-state index in [4.69, 9.17) is 4.74 Å². The number of hydrogen-bond donors (Lipinski definition) is 2. The van der Waals surface area contributed by atoms with E-state index in [-0.39, 0.29) is 41.9 Å². The fourth-order valence-corrected chi connectivity index (χ4v) is 2.47. The molecular weight excluding hydrogens is 470 g/mol. The highest BCUT2D eigenvalue weighted by Gasteiger charge is 2.14. The number of nitrogens with zero attached hydrogens (tertiary/aromatic N) is 1. The number of hydrogen-bond acceptors (Lipinski definition) is 2. The fourth-order valence-electron chi connectivity index (χ4n) is 2.47. The molecule has 0 spiro atoms. The summed E-state index contributed by atoms with van der Waals surface area (Å²) in [5.74, 6) is -1.61. The van der Waals surface area contributed by atoms with Crippen LogP contribution in [-0.2, 0) is 4.74 Å². The van der Waals surface area contributed by atoms with E-state index >= 15 is 0 Å². The Hall–Kier alpha value is -1.81. The second-order valence-corrected chi connectivity index (χ2v) is 5.77. The summed E-state index contributed by atoms with van der Waals surface area (Å²) in [5.41, 5.74) is 1.42. The molecule has 0 heterocycles. The standard InChI is InChI=1S/C19H22F3N3O.HI/c1-12(14-6-9-16(21)17(22)10-14)25-19(23-2)24-11-18(26-3)13-4-7-15(20)8-5-13;/h4-10,12,18H,11H2,1-3H3,(H2,23,24,25);1H. The summed E-state index contributed by atoms with van der Waals surface area (Å²) in [5, 5.41) is 6.22. The Labute approximate surface area is 174 Å². The van der Waals surface area contributed by atoms with Crippen molar-refractivity contribution in [1.82, 2.24) is 10.6 Å². The molecule has 2 atom stereocenters. The molecule has 0 radical (unpaired) electrons. The summed E-state index contributed by atoms with van der Waals surface area (Å²) in [6.45, 7) is 2.21. The maximum absolute atomic E-state index is 13.4. The van der Waals surface area contributed by atoms with Gasteiger partial charge in [0, 0.05) is 20.7 Å². The van der Waals surface area contributed by atoms with Crippen LogP contribution in [0.2, 0.25) is 0 Å². The minimum atomic E-state index is -0.894. The number of nitrogens with one attached hydrogen (secondary N) is 2. The molecule has 27 heavy (non-hydrogen) atoms. The van der Waals surface area contributed by atoms with Gasteiger partial charge in [-0.05, 0) is 42.3 Å². The van der Waals surface area contributed by atoms with Crippen LogP contribution in [0.5, 0.6) is 0 Å². The molecule has 0 saturated carbocycles. The van der Waals surface area contributed by atoms with Crippen molar-refractivity contribution in [2.24, 2.45) is 4.99 Å². The van der Waals surface area contributed by atoms with Crippen LogP contribution in [-0.4, -0.2) is 26.7 Å². The molecule has 2 unspecified atom stereocenters. The van der Waals surface area contributed by atoms with Crippen LogP contribution in [0.3, 0.4) is 0 Å². The molecule has 0 saturated heterocycles. The molecule has 0 aromatic heterocycles. The van der Waals surface area contributed by atoms with Gasteiger partial charge in [-0.1, -0.05) is 18.2 Å². The molecule has 2 rings (SSSR count). The largest absolute Gasteiger partial charge is 0.375 e. The predicted molar refractivity (Wildman–Crippen MR) is 111 cm³/mol. The lowest BCUT2D eigenvalue weighted by Crippen LogP contribution is -2.40. The number of ether oxygens (including phenoxy) is 1. The third kappa shape index (κ3) is 6.69. The van der Waals surface area contributed by atoms with Crippen LogP contribution in [0.15, 0.2) is 47.5 Å². The summed E-state index contributed by atoms with van der Waals surface area (Å²) in [6.07, 6.45) is -0.298. The monoisotopic (exact) mass is 493 g/mol. The zero-order valence-electron chi connectivity index (χ0n) is 15.3. The second-order valence-electron chi connectivity index (χ2n) is 5.77. The second kappa shape index (κ2) is 11.1. The van der Waals surface area contributed by atoms with Crippen LogP contribution in [0.1, 0.15) is 30.2 Å². The fraction of sp³-hybridized carbons (Fsp3) is 0.316. The van der Waals surface area contributed by atoms with Crippen LogP contribution in [0.25, 0.3) is 0 Å². The number of aliphatic imine (C=N–C) groups is 1. The van der Waals surface area contributed by atoms with Gasteiger partial charge in [-0.3, -0.25) is 4.99 Å². The van der Waals surface area contributed by atoms with E-state index in [1.165, 1.54) is 18.2 Å². The first-order valence-corrected chi connectivity index (χ1v) is 8.15. The van der Waals surface area contributed by atoms with Gasteiger partial charge in [-0.2, -0.15) is 0 Å². The van der Waals surface area contributed by atoms with Crippen molar-refractivity contribution < 1.29 is 17.9 Å². The Morgan fingerprint density at radius 2 is 1.67 bits per heavy atom. The molecule has 2 aromatic rings. The highest BCUT2D eigenvalue weighted by molar-refractivity contribution is 14.0. The molecule has 2 aromatic carbocycles. The first-order valence-electron chi connectivity index (χ1n) is 8.15. The third-order valence-electron chi connectivity index (χ3n) is 4.00. The van der Waals surface area contributed by atoms with Crippen LogP contribution in [0, 0.1) is 17.5 Å². The van der Waals surface area contributed by atoms with Crippen molar-refractivity contribution in [1.29, 1.82) is 0 Å². The molecule has 4 nitrogen and oxygen atoms in total. The van der Waals surface area contributed by atoms with Crippen LogP contribution in [0.4, 0.5) is 13.2 Å². The first-order chi connectivity index (χ1) is 12.4. The zero-order chi connectivity index (χ0) is 19.1. The molecular formula is C19H23F3IN3O. The van der Waals surface area contributed by atoms with Crippen molar-refractivity contribution in [3.63, 3.8) is 0 Å². The number of halogens is 4. The van der Waals surface area contributed by atoms with Crippen LogP contribution < -0.4 is 10.6 Å². The van der Waals surface area contributed by atoms with Crippen molar-refractivity contribution in [3.05, 3.63) is 71.0 Å². The van der Waals surface area contributed by atoms with Gasteiger partial charge in [0.2, 0.25) is 0 Å². The normalized spacial score (nSPS) is 13.5. The van der Waals surface area contributed by atoms with Gasteiger partial charge in [-0.15, -0.1) is 24.0 Å². The van der Waals surface area contributed by atoms with Crippen molar-refractivity contribution in [2.45, 2.75) is 19.1 Å². The number of methoxy groups -OCH3 is 1. The smallest absolute Gasteiger partial charge is 0.191 e. The van der Waals surface area contributed by atoms with E-state index in [2.05, 4.69) is 15.6 Å². The number of guanidine groups is 1. The SMILES string of the molecule is CN=C(NCC(OC)c1ccc(F)cc1)NC(C)c1ccc(F)c(F)c1.I. The Balaban J connectivity index is 0.00000364. The summed E-state index contributed by atoms with van der Waals surface area (Å²) >= 11 is 0. The van der Waals surface area contributed by atoms with E-state index < -0.39 is 11.6 Å². The molecule has 2 N–H and O–H groups in total. The van der Waals surface area contributed by atoms with Gasteiger partial charge >= 0.3 is 0 Å². The highest BCUT2D eigenvalue weighted by Crippen LogP contribution is 2.17. The van der Waals surface area contributed by atoms with Crippen molar-refractivity contribution in [3.8, 4) is 0 Å². The topological polar surface area (TPSA) is 45.7 Å². The Morgan fingerprint density at radius 1 is 1.04 bits per heavy atom. The molecule has 8 heteroatoms. The highest BCUT2D eigenvalue weighted by atomic mass is 127. The van der Waals surface area contributed by atoms with E-state index in [0.29, 0.717) is 18.1 Å². The average Bonchev–Trinajstić information content (AvgIpc) is 2.64. The Morgan fingerprint density at radius 3 is 2.22 bits per heavy atom. The molecule has 0 aliphatic carbocycles. The van der Waals surface area contributed by atoms with Gasteiger partial charge < -0.3 is 15.4 Å². The lowest BCUT2D eigenvalue weighted by atomic mass is 10.1. The molecule has 148 valence electrons. The van der Waals surface area contributed by atoms with E-state index in [0.717, 1.165) is 17.7 Å². The Bertz CT molecular complexity index is 756. The van der Waals surface area contributed by atoms with E-state index in [1.54, 1.807) is 26.3 Å². The quantitative estimate of drug-likeness (QED) is 0.358. The van der Waals surface area contributed by atoms with Crippen molar-refractivity contribution >= 4 is 29.9 Å². The van der Waals surface area contributed by atoms with Gasteiger partial charge in [0.15, 0.2) is 17.6 Å². The minimum absolute atomic E-state index is 0. The minimum Gasteiger partial charge on any atom is -0.375 e. The molecule has 0 bridgehead atoms. The maximum atomic E-state index is 13.4. The maximum Gasteiger partial charge on any atom is 0.191 e. The lowest BCUT2D eigenvalue weighted by Gasteiger charge is -2.21. The number of rotatable bonds is 6. The van der Waals surface area contributed by atoms with Gasteiger partial charge in [0.05, 0.1) is 12.1 Å². The molecule has 0 fully saturated rings. The van der Waals surface area contributed by atoms with Crippen LogP contribution >= 0.6 is 24.0 Å². The summed E-state index contributed by atoms with van der Waals surface area (Å²) in [7, 11) is 3.17. The lowest BCUT2D eigenvalue weighted by molar-refractivity contribution is 0.106. The predicted octanol–water partition coefficient (Wildman–Crippen LogP) is 4.34. The Kier molecular flexibility index (Phi) is 9.57. The number of benzene rings is 2. The van der Waals surface area contributed by atoms with Gasteiger partial charge in [-0.25, -0.2) is 13.2 Å². The van der Waals surface area contributed by atoms with Gasteiger partial charge in [0.1, 0.15) is 5.82 Å². The summed E-state index contributed by atoms with van der Waals surface area (Å²) < 4.78 is 44.9. The first kappa shape index (κ1) is 23.2. The zero-order valence-corrected chi connectivity index (χ0v) is 17.6. The van der Waals surface area contributed by atoms with Gasteiger partial charge in [0.25, 0.3) is 0 Å². The molecule has 0 aliphatic rings. The van der Waals surface area contributed by atoms with Crippen molar-refractivity contribution in [2.75, 3.05) is 20.7 Å². The van der Waals surface area contributed by atoms with E-state index in [9.17, 15) is 13.2 Å². The average molecular weight is 493 g/mol. The third-order valence-corrected chi connectivity index (χ3v) is 4.00. The molecule has 0 amide bonds.